The van der Waals surface area contributed by atoms with E-state index in [1.54, 1.807) is 0 Å². The van der Waals surface area contributed by atoms with Crippen molar-refractivity contribution in [1.29, 1.82) is 0 Å². The van der Waals surface area contributed by atoms with Crippen LogP contribution in [0.1, 0.15) is 12.8 Å². The molecule has 2 heterocycles. The fourth-order valence-corrected chi connectivity index (χ4v) is 2.99. The van der Waals surface area contributed by atoms with Crippen LogP contribution in [0.4, 0.5) is 0 Å². The molecule has 0 radical (unpaired) electrons. The average Bonchev–Trinajstić information content (AvgIpc) is 2.69. The fraction of sp³-hybridized carbons (Fsp3) is 0.571. The Hall–Kier alpha value is -1.48. The quantitative estimate of drug-likeness (QED) is 0.641. The molecule has 1 aromatic heterocycles. The van der Waals surface area contributed by atoms with E-state index in [9.17, 15) is 18.0 Å². The monoisotopic (exact) mass is 246 g/mol. The molecule has 0 spiro atoms. The first-order valence-corrected chi connectivity index (χ1v) is 6.15. The number of nitrogens with one attached hydrogen (secondary N) is 2. The summed E-state index contributed by atoms with van der Waals surface area (Å²) in [7, 11) is -3.88. The molecule has 0 aliphatic carbocycles. The summed E-state index contributed by atoms with van der Waals surface area (Å²) in [5, 5.41) is 4.53. The van der Waals surface area contributed by atoms with Gasteiger partial charge in [0.05, 0.1) is 0 Å². The predicted octanol–water partition coefficient (Wildman–Crippen LogP) is -1.76. The highest BCUT2D eigenvalue weighted by molar-refractivity contribution is 7.89. The molecule has 1 aromatic rings. The Morgan fingerprint density at radius 1 is 1.19 bits per heavy atom. The predicted molar refractivity (Wildman–Crippen MR) is 53.5 cm³/mol. The average molecular weight is 246 g/mol. The summed E-state index contributed by atoms with van der Waals surface area (Å²) >= 11 is 0. The highest BCUT2D eigenvalue weighted by atomic mass is 32.2. The Kier molecular flexibility index (Phi) is 2.64. The number of rotatable bonds is 2. The van der Waals surface area contributed by atoms with Crippen LogP contribution in [-0.4, -0.2) is 41.0 Å². The number of hydrogen-bond donors (Lipinski definition) is 2. The number of sulfonamides is 1. The topological polar surface area (TPSA) is 116 Å². The second-order valence-electron chi connectivity index (χ2n) is 3.42. The highest BCUT2D eigenvalue weighted by Crippen LogP contribution is 2.15. The number of aromatic nitrogens is 3. The molecule has 0 unspecified atom stereocenters. The van der Waals surface area contributed by atoms with E-state index in [4.69, 9.17) is 0 Å². The van der Waals surface area contributed by atoms with Crippen LogP contribution in [0.2, 0.25) is 0 Å². The summed E-state index contributed by atoms with van der Waals surface area (Å²) in [4.78, 5) is 23.8. The van der Waals surface area contributed by atoms with Gasteiger partial charge in [-0.05, 0) is 12.8 Å². The van der Waals surface area contributed by atoms with Crippen LogP contribution >= 0.6 is 0 Å². The Balaban J connectivity index is 2.51. The molecular formula is C7H10N4O4S. The molecule has 1 fully saturated rings. The largest absolute Gasteiger partial charge is 0.342 e. The van der Waals surface area contributed by atoms with Crippen molar-refractivity contribution < 1.29 is 8.42 Å². The third-order valence-corrected chi connectivity index (χ3v) is 4.14. The van der Waals surface area contributed by atoms with Gasteiger partial charge in [-0.3, -0.25) is 9.78 Å². The first kappa shape index (κ1) is 11.0. The molecule has 1 saturated heterocycles. The summed E-state index contributed by atoms with van der Waals surface area (Å²) in [6.07, 6.45) is 1.53. The lowest BCUT2D eigenvalue weighted by Crippen LogP contribution is -2.36. The van der Waals surface area contributed by atoms with Gasteiger partial charge in [0.1, 0.15) is 0 Å². The number of H-pyrrole nitrogens is 2. The molecule has 1 aliphatic heterocycles. The second-order valence-corrected chi connectivity index (χ2v) is 5.28. The van der Waals surface area contributed by atoms with Crippen LogP contribution in [0.3, 0.4) is 0 Å². The molecule has 0 bridgehead atoms. The summed E-state index contributed by atoms with van der Waals surface area (Å²) in [6, 6.07) is 0. The van der Waals surface area contributed by atoms with Crippen LogP contribution in [-0.2, 0) is 10.0 Å². The Morgan fingerprint density at radius 2 is 1.81 bits per heavy atom. The van der Waals surface area contributed by atoms with Gasteiger partial charge in [0.25, 0.3) is 20.6 Å². The lowest BCUT2D eigenvalue weighted by Gasteiger charge is -2.12. The molecule has 16 heavy (non-hydrogen) atoms. The molecule has 0 amide bonds. The van der Waals surface area contributed by atoms with E-state index in [2.05, 4.69) is 5.10 Å². The zero-order chi connectivity index (χ0) is 11.8. The van der Waals surface area contributed by atoms with Gasteiger partial charge >= 0.3 is 5.69 Å². The van der Waals surface area contributed by atoms with E-state index in [0.717, 1.165) is 12.8 Å². The SMILES string of the molecule is O=c1[nH]nc(S(=O)(=O)N2CCCC2)c(=O)[nH]1. The molecule has 0 aromatic carbocycles. The molecule has 1 aliphatic rings. The van der Waals surface area contributed by atoms with E-state index in [1.807, 2.05) is 10.1 Å². The van der Waals surface area contributed by atoms with E-state index in [1.165, 1.54) is 4.31 Å². The van der Waals surface area contributed by atoms with Crippen LogP contribution in [0, 0.1) is 0 Å². The smallest absolute Gasteiger partial charge is 0.270 e. The second kappa shape index (κ2) is 3.83. The third-order valence-electron chi connectivity index (χ3n) is 2.33. The molecule has 0 saturated carbocycles. The molecule has 2 rings (SSSR count). The van der Waals surface area contributed by atoms with E-state index < -0.39 is 26.3 Å². The minimum Gasteiger partial charge on any atom is -0.270 e. The van der Waals surface area contributed by atoms with Gasteiger partial charge in [0.15, 0.2) is 0 Å². The van der Waals surface area contributed by atoms with Crippen molar-refractivity contribution in [3.05, 3.63) is 20.8 Å². The lowest BCUT2D eigenvalue weighted by molar-refractivity contribution is 0.470. The first-order valence-electron chi connectivity index (χ1n) is 4.71. The van der Waals surface area contributed by atoms with E-state index in [0.29, 0.717) is 13.1 Å². The maximum absolute atomic E-state index is 11.9. The normalized spacial score (nSPS) is 17.8. The standard InChI is InChI=1S/C7H10N4O4S/c12-5-6(9-10-7(13)8-5)16(14,15)11-3-1-2-4-11/h1-4H2,(H2,8,10,12,13). The summed E-state index contributed by atoms with van der Waals surface area (Å²) in [5.41, 5.74) is -1.82. The van der Waals surface area contributed by atoms with Gasteiger partial charge in [-0.15, -0.1) is 0 Å². The van der Waals surface area contributed by atoms with Gasteiger partial charge in [0.2, 0.25) is 0 Å². The van der Waals surface area contributed by atoms with Crippen LogP contribution in [0.5, 0.6) is 0 Å². The van der Waals surface area contributed by atoms with Crippen molar-refractivity contribution in [3.8, 4) is 0 Å². The van der Waals surface area contributed by atoms with Gasteiger partial charge in [-0.25, -0.2) is 18.3 Å². The Morgan fingerprint density at radius 3 is 2.38 bits per heavy atom. The Labute approximate surface area is 90.4 Å². The van der Waals surface area contributed by atoms with E-state index in [-0.39, 0.29) is 0 Å². The van der Waals surface area contributed by atoms with Gasteiger partial charge in [0, 0.05) is 13.1 Å². The van der Waals surface area contributed by atoms with Crippen molar-refractivity contribution in [1.82, 2.24) is 19.5 Å². The maximum Gasteiger partial charge on any atom is 0.342 e. The van der Waals surface area contributed by atoms with Crippen LogP contribution in [0.15, 0.2) is 14.6 Å². The zero-order valence-corrected chi connectivity index (χ0v) is 9.08. The molecule has 9 heteroatoms. The molecule has 0 atom stereocenters. The maximum atomic E-state index is 11.9. The summed E-state index contributed by atoms with van der Waals surface area (Å²) < 4.78 is 25.0. The minimum absolute atomic E-state index is 0.378. The summed E-state index contributed by atoms with van der Waals surface area (Å²) in [6.45, 7) is 0.755. The molecule has 88 valence electrons. The Bertz CT molecular complexity index is 595. The minimum atomic E-state index is -3.88. The molecule has 2 N–H and O–H groups in total. The van der Waals surface area contributed by atoms with Crippen molar-refractivity contribution in [2.75, 3.05) is 13.1 Å². The van der Waals surface area contributed by atoms with Crippen molar-refractivity contribution in [2.45, 2.75) is 17.9 Å². The zero-order valence-electron chi connectivity index (χ0n) is 8.26. The first-order chi connectivity index (χ1) is 7.51. The van der Waals surface area contributed by atoms with Crippen LogP contribution < -0.4 is 11.2 Å². The van der Waals surface area contributed by atoms with Gasteiger partial charge in [-0.1, -0.05) is 0 Å². The number of nitrogens with zero attached hydrogens (tertiary/aromatic N) is 2. The fourth-order valence-electron chi connectivity index (χ4n) is 1.56. The number of aromatic amines is 2. The molecular weight excluding hydrogens is 236 g/mol. The van der Waals surface area contributed by atoms with Crippen molar-refractivity contribution >= 4 is 10.0 Å². The summed E-state index contributed by atoms with van der Waals surface area (Å²) in [5.74, 6) is 0. The lowest BCUT2D eigenvalue weighted by atomic mass is 10.4. The van der Waals surface area contributed by atoms with Gasteiger partial charge < -0.3 is 0 Å². The third kappa shape index (κ3) is 1.78. The van der Waals surface area contributed by atoms with Crippen LogP contribution in [0.25, 0.3) is 0 Å². The van der Waals surface area contributed by atoms with E-state index >= 15 is 0 Å². The molecule has 8 nitrogen and oxygen atoms in total. The number of hydrogen-bond acceptors (Lipinski definition) is 5. The van der Waals surface area contributed by atoms with Crippen molar-refractivity contribution in [2.24, 2.45) is 0 Å². The highest BCUT2D eigenvalue weighted by Gasteiger charge is 2.31. The van der Waals surface area contributed by atoms with Crippen molar-refractivity contribution in [3.63, 3.8) is 0 Å². The van der Waals surface area contributed by atoms with Gasteiger partial charge in [-0.2, -0.15) is 9.40 Å².